The summed E-state index contributed by atoms with van der Waals surface area (Å²) in [4.78, 5) is 3.02. The number of nitrogens with zero attached hydrogens (tertiary/aromatic N) is 1. The van der Waals surface area contributed by atoms with E-state index in [2.05, 4.69) is 9.40 Å². The molecule has 0 amide bonds. The fourth-order valence-corrected chi connectivity index (χ4v) is 2.65. The highest BCUT2D eigenvalue weighted by Crippen LogP contribution is 2.29. The molecular formula is C11H8F3NO3S. The summed E-state index contributed by atoms with van der Waals surface area (Å²) in [7, 11) is -3.75. The summed E-state index contributed by atoms with van der Waals surface area (Å²) in [5, 5.41) is 0. The van der Waals surface area contributed by atoms with Gasteiger partial charge in [-0.05, 0) is 12.1 Å². The molecule has 8 heteroatoms. The van der Waals surface area contributed by atoms with Gasteiger partial charge in [0, 0.05) is 0 Å². The SMILES string of the molecule is O=S(=O)(Cc1cnc(C(F)(F)F)o1)c1ccccc1. The van der Waals surface area contributed by atoms with Crippen LogP contribution in [0.5, 0.6) is 0 Å². The van der Waals surface area contributed by atoms with Crippen LogP contribution < -0.4 is 0 Å². The van der Waals surface area contributed by atoms with Crippen LogP contribution in [0.2, 0.25) is 0 Å². The summed E-state index contributed by atoms with van der Waals surface area (Å²) in [5.41, 5.74) is 0. The van der Waals surface area contributed by atoms with Crippen LogP contribution in [-0.4, -0.2) is 13.4 Å². The van der Waals surface area contributed by atoms with Crippen LogP contribution in [0.1, 0.15) is 11.7 Å². The van der Waals surface area contributed by atoms with Crippen molar-refractivity contribution in [2.45, 2.75) is 16.8 Å². The van der Waals surface area contributed by atoms with E-state index < -0.39 is 27.7 Å². The summed E-state index contributed by atoms with van der Waals surface area (Å²) < 4.78 is 64.9. The third-order valence-electron chi connectivity index (χ3n) is 2.23. The van der Waals surface area contributed by atoms with Crippen LogP contribution in [0.15, 0.2) is 45.8 Å². The lowest BCUT2D eigenvalue weighted by atomic mass is 10.4. The third kappa shape index (κ3) is 3.14. The molecule has 0 aliphatic heterocycles. The number of hydrogen-bond donors (Lipinski definition) is 0. The van der Waals surface area contributed by atoms with Crippen LogP contribution in [0.4, 0.5) is 13.2 Å². The Labute approximate surface area is 106 Å². The Morgan fingerprint density at radius 1 is 1.16 bits per heavy atom. The van der Waals surface area contributed by atoms with E-state index in [0.717, 1.165) is 6.20 Å². The quantitative estimate of drug-likeness (QED) is 0.872. The van der Waals surface area contributed by atoms with Crippen molar-refractivity contribution in [2.75, 3.05) is 0 Å². The Morgan fingerprint density at radius 3 is 2.32 bits per heavy atom. The van der Waals surface area contributed by atoms with Crippen molar-refractivity contribution in [3.63, 3.8) is 0 Å². The normalized spacial score (nSPS) is 12.6. The Balaban J connectivity index is 2.25. The minimum absolute atomic E-state index is 0.0139. The molecule has 2 aromatic rings. The van der Waals surface area contributed by atoms with Gasteiger partial charge in [-0.2, -0.15) is 13.2 Å². The molecule has 0 saturated carbocycles. The van der Waals surface area contributed by atoms with Crippen molar-refractivity contribution in [2.24, 2.45) is 0 Å². The molecule has 4 nitrogen and oxygen atoms in total. The van der Waals surface area contributed by atoms with Gasteiger partial charge < -0.3 is 4.42 Å². The van der Waals surface area contributed by atoms with E-state index in [9.17, 15) is 21.6 Å². The number of benzene rings is 1. The van der Waals surface area contributed by atoms with E-state index in [1.807, 2.05) is 0 Å². The molecule has 2 rings (SSSR count). The molecule has 0 saturated heterocycles. The van der Waals surface area contributed by atoms with Crippen molar-refractivity contribution in [1.82, 2.24) is 4.98 Å². The van der Waals surface area contributed by atoms with Crippen molar-refractivity contribution >= 4 is 9.84 Å². The lowest BCUT2D eigenvalue weighted by Gasteiger charge is -2.02. The molecule has 0 aliphatic rings. The van der Waals surface area contributed by atoms with E-state index in [1.165, 1.54) is 24.3 Å². The van der Waals surface area contributed by atoms with Gasteiger partial charge in [0.15, 0.2) is 9.84 Å². The number of oxazole rings is 1. The minimum Gasteiger partial charge on any atom is -0.437 e. The molecule has 1 heterocycles. The first-order chi connectivity index (χ1) is 8.79. The average molecular weight is 291 g/mol. The predicted octanol–water partition coefficient (Wildman–Crippen LogP) is 2.67. The highest BCUT2D eigenvalue weighted by atomic mass is 32.2. The Kier molecular flexibility index (Phi) is 3.36. The van der Waals surface area contributed by atoms with Crippen LogP contribution in [0.3, 0.4) is 0 Å². The second-order valence-electron chi connectivity index (χ2n) is 3.70. The van der Waals surface area contributed by atoms with Gasteiger partial charge in [-0.1, -0.05) is 18.2 Å². The summed E-state index contributed by atoms with van der Waals surface area (Å²) >= 11 is 0. The molecule has 0 aliphatic carbocycles. The lowest BCUT2D eigenvalue weighted by Crippen LogP contribution is -2.05. The zero-order valence-corrected chi connectivity index (χ0v) is 10.2. The summed E-state index contributed by atoms with van der Waals surface area (Å²) in [6.45, 7) is 0. The molecule has 1 aromatic carbocycles. The highest BCUT2D eigenvalue weighted by Gasteiger charge is 2.37. The number of alkyl halides is 3. The third-order valence-corrected chi connectivity index (χ3v) is 3.89. The lowest BCUT2D eigenvalue weighted by molar-refractivity contribution is -0.157. The van der Waals surface area contributed by atoms with Gasteiger partial charge in [0.1, 0.15) is 11.5 Å². The molecule has 0 N–H and O–H groups in total. The molecule has 0 atom stereocenters. The van der Waals surface area contributed by atoms with Gasteiger partial charge in [-0.25, -0.2) is 13.4 Å². The van der Waals surface area contributed by atoms with Crippen molar-refractivity contribution in [1.29, 1.82) is 0 Å². The molecule has 0 fully saturated rings. The second-order valence-corrected chi connectivity index (χ2v) is 5.69. The number of sulfone groups is 1. The van der Waals surface area contributed by atoms with Gasteiger partial charge >= 0.3 is 12.1 Å². The molecule has 102 valence electrons. The largest absolute Gasteiger partial charge is 0.468 e. The first-order valence-electron chi connectivity index (χ1n) is 5.09. The van der Waals surface area contributed by atoms with Crippen LogP contribution in [-0.2, 0) is 21.8 Å². The molecular weight excluding hydrogens is 283 g/mol. The molecule has 19 heavy (non-hydrogen) atoms. The standard InChI is InChI=1S/C11H8F3NO3S/c12-11(13,14)10-15-6-8(18-10)7-19(16,17)9-4-2-1-3-5-9/h1-6H,7H2. The Bertz CT molecular complexity index is 662. The summed E-state index contributed by atoms with van der Waals surface area (Å²) in [5.74, 6) is -2.47. The van der Waals surface area contributed by atoms with Gasteiger partial charge in [-0.3, -0.25) is 0 Å². The maximum Gasteiger partial charge on any atom is 0.468 e. The monoisotopic (exact) mass is 291 g/mol. The number of halogens is 3. The first-order valence-corrected chi connectivity index (χ1v) is 6.74. The molecule has 0 spiro atoms. The first kappa shape index (κ1) is 13.6. The average Bonchev–Trinajstić information content (AvgIpc) is 2.78. The fourth-order valence-electron chi connectivity index (χ4n) is 1.40. The van der Waals surface area contributed by atoms with Gasteiger partial charge in [-0.15, -0.1) is 0 Å². The van der Waals surface area contributed by atoms with E-state index in [0.29, 0.717) is 0 Å². The minimum atomic E-state index is -4.73. The van der Waals surface area contributed by atoms with Crippen LogP contribution in [0.25, 0.3) is 0 Å². The topological polar surface area (TPSA) is 60.2 Å². The highest BCUT2D eigenvalue weighted by molar-refractivity contribution is 7.90. The molecule has 0 unspecified atom stereocenters. The van der Waals surface area contributed by atoms with Gasteiger partial charge in [0.25, 0.3) is 0 Å². The van der Waals surface area contributed by atoms with E-state index in [-0.39, 0.29) is 10.7 Å². The van der Waals surface area contributed by atoms with Crippen LogP contribution >= 0.6 is 0 Å². The van der Waals surface area contributed by atoms with Gasteiger partial charge in [0.05, 0.1) is 11.1 Å². The molecule has 0 radical (unpaired) electrons. The smallest absolute Gasteiger partial charge is 0.437 e. The number of hydrogen-bond acceptors (Lipinski definition) is 4. The summed E-state index contributed by atoms with van der Waals surface area (Å²) in [6, 6.07) is 7.39. The molecule has 0 bridgehead atoms. The van der Waals surface area contributed by atoms with Crippen LogP contribution in [0, 0.1) is 0 Å². The van der Waals surface area contributed by atoms with Crippen molar-refractivity contribution in [3.05, 3.63) is 48.2 Å². The van der Waals surface area contributed by atoms with E-state index >= 15 is 0 Å². The Morgan fingerprint density at radius 2 is 1.79 bits per heavy atom. The van der Waals surface area contributed by atoms with Crippen molar-refractivity contribution < 1.29 is 26.0 Å². The number of aromatic nitrogens is 1. The maximum atomic E-state index is 12.3. The fraction of sp³-hybridized carbons (Fsp3) is 0.182. The second kappa shape index (κ2) is 4.69. The van der Waals surface area contributed by atoms with E-state index in [1.54, 1.807) is 6.07 Å². The summed E-state index contributed by atoms with van der Waals surface area (Å²) in [6.07, 6.45) is -3.96. The van der Waals surface area contributed by atoms with Crippen molar-refractivity contribution in [3.8, 4) is 0 Å². The Hall–Kier alpha value is -1.83. The maximum absolute atomic E-state index is 12.3. The predicted molar refractivity (Wildman–Crippen MR) is 58.8 cm³/mol. The molecule has 1 aromatic heterocycles. The van der Waals surface area contributed by atoms with E-state index in [4.69, 9.17) is 0 Å². The van der Waals surface area contributed by atoms with Gasteiger partial charge in [0.2, 0.25) is 0 Å². The number of rotatable bonds is 3. The zero-order chi connectivity index (χ0) is 14.1. The zero-order valence-electron chi connectivity index (χ0n) is 9.39.